The number of halogens is 1. The highest BCUT2D eigenvalue weighted by Gasteiger charge is 2.30. The average molecular weight is 359 g/mol. The van der Waals surface area contributed by atoms with Crippen LogP contribution in [0.1, 0.15) is 48.4 Å². The second kappa shape index (κ2) is 6.90. The van der Waals surface area contributed by atoms with Crippen LogP contribution in [0.4, 0.5) is 4.39 Å². The Morgan fingerprint density at radius 3 is 2.73 bits per heavy atom. The van der Waals surface area contributed by atoms with Crippen molar-refractivity contribution in [3.63, 3.8) is 0 Å². The summed E-state index contributed by atoms with van der Waals surface area (Å²) in [5.41, 5.74) is 1.59. The van der Waals surface area contributed by atoms with E-state index in [1.165, 1.54) is 12.1 Å². The van der Waals surface area contributed by atoms with Crippen molar-refractivity contribution < 1.29 is 19.1 Å². The van der Waals surface area contributed by atoms with Gasteiger partial charge in [-0.05, 0) is 57.7 Å². The standard InChI is InChI=1S/C19H22FN3O3/c1-19(2,18(25)26)11-21-17(24)16-14-8-3-4-9-15(14)23(22-16)13-7-5-6-12(20)10-13/h5-7,10H,3-4,8-9,11H2,1-2H3,(H,21,24)(H,25,26). The normalized spacial score (nSPS) is 14.0. The van der Waals surface area contributed by atoms with Gasteiger partial charge in [-0.2, -0.15) is 5.10 Å². The van der Waals surface area contributed by atoms with Crippen LogP contribution in [0.15, 0.2) is 24.3 Å². The lowest BCUT2D eigenvalue weighted by Crippen LogP contribution is -2.39. The molecule has 0 saturated heterocycles. The number of aromatic nitrogens is 2. The number of hydrogen-bond donors (Lipinski definition) is 2. The van der Waals surface area contributed by atoms with Crippen LogP contribution in [0.25, 0.3) is 5.69 Å². The Labute approximate surface area is 151 Å². The van der Waals surface area contributed by atoms with Crippen LogP contribution in [-0.4, -0.2) is 33.3 Å². The summed E-state index contributed by atoms with van der Waals surface area (Å²) in [7, 11) is 0. The van der Waals surface area contributed by atoms with Crippen molar-refractivity contribution in [1.29, 1.82) is 0 Å². The number of benzene rings is 1. The van der Waals surface area contributed by atoms with Gasteiger partial charge < -0.3 is 10.4 Å². The minimum absolute atomic E-state index is 0.00274. The molecule has 138 valence electrons. The molecule has 1 aliphatic rings. The fourth-order valence-electron chi connectivity index (χ4n) is 3.06. The number of fused-ring (bicyclic) bond motifs is 1. The monoisotopic (exact) mass is 359 g/mol. The zero-order valence-electron chi connectivity index (χ0n) is 14.9. The Balaban J connectivity index is 1.93. The molecule has 0 saturated carbocycles. The molecule has 1 heterocycles. The number of carboxylic acid groups (broad SMARTS) is 1. The number of carbonyl (C=O) groups excluding carboxylic acids is 1. The van der Waals surface area contributed by atoms with Crippen molar-refractivity contribution in [3.05, 3.63) is 47.0 Å². The number of amides is 1. The minimum Gasteiger partial charge on any atom is -0.481 e. The maximum Gasteiger partial charge on any atom is 0.310 e. The summed E-state index contributed by atoms with van der Waals surface area (Å²) < 4.78 is 15.2. The van der Waals surface area contributed by atoms with Crippen LogP contribution in [-0.2, 0) is 17.6 Å². The number of hydrogen-bond acceptors (Lipinski definition) is 3. The zero-order chi connectivity index (χ0) is 18.9. The Morgan fingerprint density at radius 2 is 2.04 bits per heavy atom. The molecule has 7 heteroatoms. The van der Waals surface area contributed by atoms with Crippen LogP contribution in [0.3, 0.4) is 0 Å². The second-order valence-corrected chi connectivity index (χ2v) is 7.24. The summed E-state index contributed by atoms with van der Waals surface area (Å²) in [6, 6.07) is 6.11. The van der Waals surface area contributed by atoms with E-state index in [2.05, 4.69) is 10.4 Å². The Morgan fingerprint density at radius 1 is 1.31 bits per heavy atom. The quantitative estimate of drug-likeness (QED) is 0.860. The first kappa shape index (κ1) is 18.1. The van der Waals surface area contributed by atoms with E-state index in [1.807, 2.05) is 0 Å². The molecule has 6 nitrogen and oxygen atoms in total. The highest BCUT2D eigenvalue weighted by molar-refractivity contribution is 5.94. The summed E-state index contributed by atoms with van der Waals surface area (Å²) in [5.74, 6) is -1.74. The van der Waals surface area contributed by atoms with E-state index in [0.717, 1.165) is 36.9 Å². The zero-order valence-corrected chi connectivity index (χ0v) is 14.9. The van der Waals surface area contributed by atoms with E-state index in [9.17, 15) is 19.1 Å². The lowest BCUT2D eigenvalue weighted by Gasteiger charge is -2.19. The SMILES string of the molecule is CC(C)(CNC(=O)c1nn(-c2cccc(F)c2)c2c1CCCC2)C(=O)O. The molecule has 1 aromatic carbocycles. The third kappa shape index (κ3) is 3.47. The molecule has 1 amide bonds. The second-order valence-electron chi connectivity index (χ2n) is 7.24. The van der Waals surface area contributed by atoms with Gasteiger partial charge in [0.25, 0.3) is 5.91 Å². The van der Waals surface area contributed by atoms with Gasteiger partial charge in [-0.25, -0.2) is 9.07 Å². The first-order valence-corrected chi connectivity index (χ1v) is 8.68. The van der Waals surface area contributed by atoms with Crippen molar-refractivity contribution in [2.75, 3.05) is 6.54 Å². The first-order valence-electron chi connectivity index (χ1n) is 8.68. The molecule has 1 aliphatic carbocycles. The molecular formula is C19H22FN3O3. The molecule has 3 rings (SSSR count). The van der Waals surface area contributed by atoms with E-state index in [1.54, 1.807) is 30.7 Å². The van der Waals surface area contributed by atoms with Crippen LogP contribution in [0.2, 0.25) is 0 Å². The molecule has 26 heavy (non-hydrogen) atoms. The van der Waals surface area contributed by atoms with Gasteiger partial charge in [-0.1, -0.05) is 6.07 Å². The average Bonchev–Trinajstić information content (AvgIpc) is 2.99. The van der Waals surface area contributed by atoms with Crippen molar-refractivity contribution >= 4 is 11.9 Å². The lowest BCUT2D eigenvalue weighted by atomic mass is 9.93. The predicted molar refractivity (Wildman–Crippen MR) is 93.9 cm³/mol. The summed E-state index contributed by atoms with van der Waals surface area (Å²) in [5, 5.41) is 16.3. The molecule has 0 fully saturated rings. The highest BCUT2D eigenvalue weighted by atomic mass is 19.1. The smallest absolute Gasteiger partial charge is 0.310 e. The number of nitrogens with one attached hydrogen (secondary N) is 1. The Bertz CT molecular complexity index is 858. The largest absolute Gasteiger partial charge is 0.481 e. The first-order chi connectivity index (χ1) is 12.3. The number of carboxylic acids is 1. The van der Waals surface area contributed by atoms with Gasteiger partial charge in [0.05, 0.1) is 11.1 Å². The van der Waals surface area contributed by atoms with Crippen molar-refractivity contribution in [2.45, 2.75) is 39.5 Å². The van der Waals surface area contributed by atoms with E-state index >= 15 is 0 Å². The predicted octanol–water partition coefficient (Wildman–Crippen LogP) is 2.73. The molecule has 0 spiro atoms. The molecule has 2 aromatic rings. The third-order valence-electron chi connectivity index (χ3n) is 4.72. The van der Waals surface area contributed by atoms with E-state index in [0.29, 0.717) is 11.4 Å². The van der Waals surface area contributed by atoms with Crippen molar-refractivity contribution in [2.24, 2.45) is 5.41 Å². The maximum atomic E-state index is 13.6. The molecule has 1 aromatic heterocycles. The van der Waals surface area contributed by atoms with Gasteiger partial charge in [0.2, 0.25) is 0 Å². The number of aliphatic carboxylic acids is 1. The topological polar surface area (TPSA) is 84.2 Å². The van der Waals surface area contributed by atoms with Crippen molar-refractivity contribution in [1.82, 2.24) is 15.1 Å². The van der Waals surface area contributed by atoms with Gasteiger partial charge >= 0.3 is 5.97 Å². The van der Waals surface area contributed by atoms with Crippen molar-refractivity contribution in [3.8, 4) is 5.69 Å². The Hall–Kier alpha value is -2.70. The van der Waals surface area contributed by atoms with Crippen LogP contribution < -0.4 is 5.32 Å². The maximum absolute atomic E-state index is 13.6. The summed E-state index contributed by atoms with van der Waals surface area (Å²) in [4.78, 5) is 23.9. The van der Waals surface area contributed by atoms with Crippen LogP contribution >= 0.6 is 0 Å². The third-order valence-corrected chi connectivity index (χ3v) is 4.72. The Kier molecular flexibility index (Phi) is 4.80. The number of nitrogens with zero attached hydrogens (tertiary/aromatic N) is 2. The summed E-state index contributed by atoms with van der Waals surface area (Å²) in [6.07, 6.45) is 3.45. The van der Waals surface area contributed by atoms with E-state index in [-0.39, 0.29) is 12.4 Å². The molecular weight excluding hydrogens is 337 g/mol. The molecule has 0 unspecified atom stereocenters. The molecule has 0 aliphatic heterocycles. The van der Waals surface area contributed by atoms with Gasteiger partial charge in [0, 0.05) is 17.8 Å². The van der Waals surface area contributed by atoms with Gasteiger partial charge in [0.15, 0.2) is 5.69 Å². The molecule has 0 atom stereocenters. The lowest BCUT2D eigenvalue weighted by molar-refractivity contribution is -0.146. The summed E-state index contributed by atoms with van der Waals surface area (Å²) >= 11 is 0. The fraction of sp³-hybridized carbons (Fsp3) is 0.421. The van der Waals surface area contributed by atoms with Crippen LogP contribution in [0, 0.1) is 11.2 Å². The fourth-order valence-corrected chi connectivity index (χ4v) is 3.06. The van der Waals surface area contributed by atoms with E-state index < -0.39 is 17.3 Å². The van der Waals surface area contributed by atoms with Gasteiger partial charge in [0.1, 0.15) is 5.82 Å². The summed E-state index contributed by atoms with van der Waals surface area (Å²) in [6.45, 7) is 3.11. The number of carbonyl (C=O) groups is 2. The highest BCUT2D eigenvalue weighted by Crippen LogP contribution is 2.27. The van der Waals surface area contributed by atoms with E-state index in [4.69, 9.17) is 0 Å². The van der Waals surface area contributed by atoms with Gasteiger partial charge in [-0.3, -0.25) is 9.59 Å². The van der Waals surface area contributed by atoms with Gasteiger partial charge in [-0.15, -0.1) is 0 Å². The molecule has 0 radical (unpaired) electrons. The minimum atomic E-state index is -1.07. The molecule has 2 N–H and O–H groups in total. The number of rotatable bonds is 5. The van der Waals surface area contributed by atoms with Crippen LogP contribution in [0.5, 0.6) is 0 Å². The molecule has 0 bridgehead atoms.